The van der Waals surface area contributed by atoms with E-state index in [4.69, 9.17) is 14.2 Å². The third-order valence-corrected chi connectivity index (χ3v) is 14.7. The lowest BCUT2D eigenvalue weighted by Gasteiger charge is -2.18. The average Bonchev–Trinajstić information content (AvgIpc) is 3.39. The lowest BCUT2D eigenvalue weighted by molar-refractivity contribution is -0.167. The number of hydrogen-bond donors (Lipinski definition) is 0. The van der Waals surface area contributed by atoms with Crippen LogP contribution in [0.2, 0.25) is 0 Å². The Morgan fingerprint density at radius 2 is 0.534 bits per heavy atom. The van der Waals surface area contributed by atoms with Crippen molar-refractivity contribution in [2.45, 2.75) is 361 Å². The van der Waals surface area contributed by atoms with Gasteiger partial charge >= 0.3 is 17.9 Å². The first-order valence-electron chi connectivity index (χ1n) is 32.5. The maximum atomic E-state index is 12.9. The van der Waals surface area contributed by atoms with Gasteiger partial charge in [-0.25, -0.2) is 0 Å². The standard InChI is InChI=1S/C67H124O6/c1-4-7-10-13-16-19-22-25-28-30-32-33-35-37-40-43-46-49-52-55-58-61-67(70)73-64(62-71-65(68)59-56-53-50-47-44-41-38-27-24-21-18-15-12-9-6-3)63-72-66(69)60-57-54-51-48-45-42-39-36-34-31-29-26-23-20-17-14-11-8-5-2/h9,12,18,21,27,38,64H,4-8,10-11,13-17,19-20,22-26,28-37,39-63H2,1-3H3/b12-9-,21-18-,38-27-/t64-/m1/s1. The molecule has 0 aliphatic rings. The first kappa shape index (κ1) is 70.6. The highest BCUT2D eigenvalue weighted by Crippen LogP contribution is 2.18. The lowest BCUT2D eigenvalue weighted by Crippen LogP contribution is -2.30. The zero-order valence-electron chi connectivity index (χ0n) is 49.2. The molecule has 0 saturated carbocycles. The Kier molecular flexibility index (Phi) is 60.2. The number of hydrogen-bond acceptors (Lipinski definition) is 6. The van der Waals surface area contributed by atoms with Crippen LogP contribution >= 0.6 is 0 Å². The highest BCUT2D eigenvalue weighted by Gasteiger charge is 2.19. The van der Waals surface area contributed by atoms with Crippen molar-refractivity contribution in [3.63, 3.8) is 0 Å². The number of carbonyl (C=O) groups is 3. The molecule has 0 bridgehead atoms. The van der Waals surface area contributed by atoms with Crippen molar-refractivity contribution in [1.82, 2.24) is 0 Å². The average molecular weight is 1030 g/mol. The van der Waals surface area contributed by atoms with Gasteiger partial charge in [0.1, 0.15) is 13.2 Å². The number of unbranched alkanes of at least 4 members (excludes halogenated alkanes) is 43. The van der Waals surface area contributed by atoms with E-state index in [9.17, 15) is 14.4 Å². The van der Waals surface area contributed by atoms with Crippen LogP contribution in [0.1, 0.15) is 355 Å². The second-order valence-electron chi connectivity index (χ2n) is 22.0. The second kappa shape index (κ2) is 62.2. The molecule has 0 spiro atoms. The molecule has 0 rings (SSSR count). The molecule has 0 radical (unpaired) electrons. The number of rotatable bonds is 60. The molecule has 0 aromatic carbocycles. The van der Waals surface area contributed by atoms with Crippen molar-refractivity contribution in [1.29, 1.82) is 0 Å². The van der Waals surface area contributed by atoms with Crippen LogP contribution in [0.5, 0.6) is 0 Å². The van der Waals surface area contributed by atoms with Crippen molar-refractivity contribution in [3.8, 4) is 0 Å². The van der Waals surface area contributed by atoms with Crippen LogP contribution in [0.25, 0.3) is 0 Å². The van der Waals surface area contributed by atoms with Crippen LogP contribution in [0.3, 0.4) is 0 Å². The third-order valence-electron chi connectivity index (χ3n) is 14.7. The minimum Gasteiger partial charge on any atom is -0.462 e. The summed E-state index contributed by atoms with van der Waals surface area (Å²) in [5.74, 6) is -0.863. The zero-order chi connectivity index (χ0) is 52.9. The SMILES string of the molecule is CC/C=C\C/C=C\C/C=C\CCCCCCCC(=O)OC[C@H](COC(=O)CCCCCCCCCCCCCCCCCCCCC)OC(=O)CCCCCCCCCCCCCCCCCCCCCCC. The van der Waals surface area contributed by atoms with E-state index < -0.39 is 6.10 Å². The van der Waals surface area contributed by atoms with Crippen LogP contribution in [-0.4, -0.2) is 37.2 Å². The minimum absolute atomic E-state index is 0.0721. The van der Waals surface area contributed by atoms with Crippen molar-refractivity contribution in [2.24, 2.45) is 0 Å². The van der Waals surface area contributed by atoms with Gasteiger partial charge in [0.05, 0.1) is 0 Å². The van der Waals surface area contributed by atoms with Crippen LogP contribution in [-0.2, 0) is 28.6 Å². The molecule has 0 aliphatic carbocycles. The summed E-state index contributed by atoms with van der Waals surface area (Å²) in [6.07, 6.45) is 75.8. The fraction of sp³-hybridized carbons (Fsp3) is 0.866. The highest BCUT2D eigenvalue weighted by molar-refractivity contribution is 5.71. The summed E-state index contributed by atoms with van der Waals surface area (Å²) >= 11 is 0. The molecule has 0 aromatic rings. The molecule has 0 unspecified atom stereocenters. The van der Waals surface area contributed by atoms with Crippen LogP contribution < -0.4 is 0 Å². The van der Waals surface area contributed by atoms with Gasteiger partial charge in [0.25, 0.3) is 0 Å². The second-order valence-corrected chi connectivity index (χ2v) is 22.0. The molecule has 0 aliphatic heterocycles. The molecule has 428 valence electrons. The van der Waals surface area contributed by atoms with Gasteiger partial charge in [-0.3, -0.25) is 14.4 Å². The molecule has 0 fully saturated rings. The van der Waals surface area contributed by atoms with Gasteiger partial charge in [0, 0.05) is 19.3 Å². The molecule has 6 nitrogen and oxygen atoms in total. The maximum absolute atomic E-state index is 12.9. The summed E-state index contributed by atoms with van der Waals surface area (Å²) in [7, 11) is 0. The predicted octanol–water partition coefficient (Wildman–Crippen LogP) is 22.0. The normalized spacial score (nSPS) is 12.2. The van der Waals surface area contributed by atoms with Crippen molar-refractivity contribution < 1.29 is 28.6 Å². The van der Waals surface area contributed by atoms with E-state index in [-0.39, 0.29) is 31.1 Å². The van der Waals surface area contributed by atoms with E-state index in [1.165, 1.54) is 218 Å². The number of allylic oxidation sites excluding steroid dienone is 6. The van der Waals surface area contributed by atoms with Crippen molar-refractivity contribution >= 4 is 17.9 Å². The smallest absolute Gasteiger partial charge is 0.306 e. The highest BCUT2D eigenvalue weighted by atomic mass is 16.6. The Labute approximate surface area is 455 Å². The molecule has 1 atom stereocenters. The molecule has 0 heterocycles. The quantitative estimate of drug-likeness (QED) is 0.0261. The minimum atomic E-state index is -0.776. The van der Waals surface area contributed by atoms with E-state index in [0.717, 1.165) is 96.3 Å². The lowest BCUT2D eigenvalue weighted by atomic mass is 10.0. The van der Waals surface area contributed by atoms with Gasteiger partial charge in [-0.1, -0.05) is 320 Å². The Morgan fingerprint density at radius 1 is 0.288 bits per heavy atom. The fourth-order valence-electron chi connectivity index (χ4n) is 9.81. The zero-order valence-corrected chi connectivity index (χ0v) is 49.2. The molecular weight excluding hydrogens is 901 g/mol. The van der Waals surface area contributed by atoms with Crippen molar-refractivity contribution in [3.05, 3.63) is 36.5 Å². The first-order chi connectivity index (χ1) is 36.0. The maximum Gasteiger partial charge on any atom is 0.306 e. The Morgan fingerprint density at radius 3 is 0.836 bits per heavy atom. The van der Waals surface area contributed by atoms with Crippen LogP contribution in [0.4, 0.5) is 0 Å². The molecule has 73 heavy (non-hydrogen) atoms. The van der Waals surface area contributed by atoms with Gasteiger partial charge in [0.15, 0.2) is 6.10 Å². The largest absolute Gasteiger partial charge is 0.462 e. The number of carbonyl (C=O) groups excluding carboxylic acids is 3. The van der Waals surface area contributed by atoms with Gasteiger partial charge in [-0.15, -0.1) is 0 Å². The molecule has 0 N–H and O–H groups in total. The van der Waals surface area contributed by atoms with Gasteiger partial charge in [-0.05, 0) is 51.4 Å². The predicted molar refractivity (Wildman–Crippen MR) is 316 cm³/mol. The van der Waals surface area contributed by atoms with Crippen LogP contribution in [0, 0.1) is 0 Å². The molecule has 0 aromatic heterocycles. The third kappa shape index (κ3) is 60.4. The summed E-state index contributed by atoms with van der Waals surface area (Å²) in [4.78, 5) is 38.3. The van der Waals surface area contributed by atoms with Crippen LogP contribution in [0.15, 0.2) is 36.5 Å². The number of esters is 3. The summed E-state index contributed by atoms with van der Waals surface area (Å²) in [5, 5.41) is 0. The first-order valence-corrected chi connectivity index (χ1v) is 32.5. The van der Waals surface area contributed by atoms with Gasteiger partial charge < -0.3 is 14.2 Å². The van der Waals surface area contributed by atoms with E-state index >= 15 is 0 Å². The monoisotopic (exact) mass is 1020 g/mol. The Bertz CT molecular complexity index is 1220. The number of ether oxygens (including phenoxy) is 3. The fourth-order valence-corrected chi connectivity index (χ4v) is 9.81. The van der Waals surface area contributed by atoms with Gasteiger partial charge in [0.2, 0.25) is 0 Å². The Balaban J connectivity index is 4.30. The molecular formula is C67H124O6. The van der Waals surface area contributed by atoms with Gasteiger partial charge in [-0.2, -0.15) is 0 Å². The topological polar surface area (TPSA) is 78.9 Å². The van der Waals surface area contributed by atoms with E-state index in [2.05, 4.69) is 57.2 Å². The van der Waals surface area contributed by atoms with E-state index in [1.54, 1.807) is 0 Å². The Hall–Kier alpha value is -2.37. The van der Waals surface area contributed by atoms with E-state index in [0.29, 0.717) is 19.3 Å². The van der Waals surface area contributed by atoms with E-state index in [1.807, 2.05) is 0 Å². The molecule has 0 saturated heterocycles. The summed E-state index contributed by atoms with van der Waals surface area (Å²) < 4.78 is 16.9. The summed E-state index contributed by atoms with van der Waals surface area (Å²) in [6, 6.07) is 0. The summed E-state index contributed by atoms with van der Waals surface area (Å²) in [5.41, 5.74) is 0. The molecule has 6 heteroatoms. The van der Waals surface area contributed by atoms with Crippen molar-refractivity contribution in [2.75, 3.05) is 13.2 Å². The molecule has 0 amide bonds. The summed E-state index contributed by atoms with van der Waals surface area (Å²) in [6.45, 7) is 6.59.